The fourth-order valence-corrected chi connectivity index (χ4v) is 2.46. The second-order valence-electron chi connectivity index (χ2n) is 6.22. The van der Waals surface area contributed by atoms with Crippen LogP contribution in [-0.4, -0.2) is 34.9 Å². The summed E-state index contributed by atoms with van der Waals surface area (Å²) in [6.45, 7) is 6.90. The van der Waals surface area contributed by atoms with Crippen molar-refractivity contribution in [2.24, 2.45) is 0 Å². The second-order valence-corrected chi connectivity index (χ2v) is 6.22. The Labute approximate surface area is 126 Å². The van der Waals surface area contributed by atoms with Crippen LogP contribution in [0.3, 0.4) is 0 Å². The highest BCUT2D eigenvalue weighted by Crippen LogP contribution is 2.24. The van der Waals surface area contributed by atoms with Crippen molar-refractivity contribution < 1.29 is 14.6 Å². The third kappa shape index (κ3) is 4.08. The summed E-state index contributed by atoms with van der Waals surface area (Å²) in [5.74, 6) is 0. The van der Waals surface area contributed by atoms with E-state index in [-0.39, 0.29) is 12.7 Å². The highest BCUT2D eigenvalue weighted by atomic mass is 16.6. The number of ether oxygens (including phenoxy) is 1. The zero-order chi connectivity index (χ0) is 15.5. The van der Waals surface area contributed by atoms with Crippen molar-refractivity contribution >= 4 is 12.2 Å². The minimum Gasteiger partial charge on any atom is -0.444 e. The van der Waals surface area contributed by atoms with Crippen LogP contribution in [-0.2, 0) is 17.7 Å². The number of amides is 1. The van der Waals surface area contributed by atoms with E-state index in [9.17, 15) is 4.79 Å². The summed E-state index contributed by atoms with van der Waals surface area (Å²) in [6.07, 6.45) is 4.21. The fourth-order valence-electron chi connectivity index (χ4n) is 2.46. The van der Waals surface area contributed by atoms with Crippen LogP contribution in [0, 0.1) is 0 Å². The first-order chi connectivity index (χ1) is 9.90. The predicted octanol–water partition coefficient (Wildman–Crippen LogP) is 2.99. The lowest BCUT2D eigenvalue weighted by Crippen LogP contribution is -2.40. The Morgan fingerprint density at radius 3 is 2.86 bits per heavy atom. The molecule has 0 aromatic heterocycles. The van der Waals surface area contributed by atoms with Crippen molar-refractivity contribution in [1.29, 1.82) is 0 Å². The highest BCUT2D eigenvalue weighted by Gasteiger charge is 2.26. The van der Waals surface area contributed by atoms with E-state index in [1.165, 1.54) is 5.56 Å². The van der Waals surface area contributed by atoms with Crippen LogP contribution in [0.5, 0.6) is 0 Å². The highest BCUT2D eigenvalue weighted by molar-refractivity contribution is 5.69. The van der Waals surface area contributed by atoms with Gasteiger partial charge in [0.2, 0.25) is 0 Å². The van der Waals surface area contributed by atoms with Crippen molar-refractivity contribution in [3.05, 3.63) is 41.0 Å². The molecule has 1 heterocycles. The number of rotatable bonds is 2. The molecule has 2 rings (SSSR count). The van der Waals surface area contributed by atoms with Gasteiger partial charge < -0.3 is 14.7 Å². The van der Waals surface area contributed by atoms with Gasteiger partial charge >= 0.3 is 6.09 Å². The summed E-state index contributed by atoms with van der Waals surface area (Å²) in [5.41, 5.74) is 3.04. The molecule has 4 nitrogen and oxygen atoms in total. The summed E-state index contributed by atoms with van der Waals surface area (Å²) >= 11 is 0. The quantitative estimate of drug-likeness (QED) is 0.910. The molecular formula is C17H23NO3. The van der Waals surface area contributed by atoms with E-state index >= 15 is 0 Å². The molecule has 0 spiro atoms. The Morgan fingerprint density at radius 2 is 2.19 bits per heavy atom. The molecule has 4 heteroatoms. The number of benzene rings is 1. The van der Waals surface area contributed by atoms with Gasteiger partial charge in [0.25, 0.3) is 0 Å². The van der Waals surface area contributed by atoms with Gasteiger partial charge in [0.1, 0.15) is 5.60 Å². The van der Waals surface area contributed by atoms with Crippen molar-refractivity contribution in [1.82, 2.24) is 4.90 Å². The number of aliphatic hydroxyl groups is 1. The number of carbonyl (C=O) groups is 1. The van der Waals surface area contributed by atoms with Gasteiger partial charge in [-0.3, -0.25) is 0 Å². The van der Waals surface area contributed by atoms with E-state index in [2.05, 4.69) is 0 Å². The first-order valence-corrected chi connectivity index (χ1v) is 7.27. The number of hydrogen-bond donors (Lipinski definition) is 1. The predicted molar refractivity (Wildman–Crippen MR) is 82.9 cm³/mol. The number of nitrogens with zero attached hydrogens (tertiary/aromatic N) is 1. The van der Waals surface area contributed by atoms with Gasteiger partial charge in [-0.2, -0.15) is 0 Å². The van der Waals surface area contributed by atoms with Crippen molar-refractivity contribution in [2.75, 3.05) is 13.2 Å². The van der Waals surface area contributed by atoms with Crippen molar-refractivity contribution in [3.8, 4) is 0 Å². The van der Waals surface area contributed by atoms with Crippen LogP contribution in [0.2, 0.25) is 0 Å². The van der Waals surface area contributed by atoms with Crippen LogP contribution < -0.4 is 0 Å². The minimum absolute atomic E-state index is 0.0354. The fraction of sp³-hybridized carbons (Fsp3) is 0.471. The van der Waals surface area contributed by atoms with E-state index in [1.807, 2.05) is 45.0 Å². The average Bonchev–Trinajstić information content (AvgIpc) is 2.42. The molecule has 1 amide bonds. The molecule has 1 aliphatic rings. The maximum absolute atomic E-state index is 12.1. The third-order valence-corrected chi connectivity index (χ3v) is 3.36. The maximum atomic E-state index is 12.1. The van der Waals surface area contributed by atoms with Gasteiger partial charge in [-0.1, -0.05) is 30.4 Å². The zero-order valence-corrected chi connectivity index (χ0v) is 12.9. The second kappa shape index (κ2) is 6.31. The Balaban J connectivity index is 2.14. The molecule has 0 fully saturated rings. The van der Waals surface area contributed by atoms with Gasteiger partial charge in [0.15, 0.2) is 0 Å². The summed E-state index contributed by atoms with van der Waals surface area (Å²) < 4.78 is 5.43. The molecule has 1 aliphatic heterocycles. The van der Waals surface area contributed by atoms with E-state index in [0.29, 0.717) is 13.1 Å². The Kier molecular flexibility index (Phi) is 4.68. The smallest absolute Gasteiger partial charge is 0.410 e. The monoisotopic (exact) mass is 289 g/mol. The molecule has 0 aliphatic carbocycles. The molecule has 0 unspecified atom stereocenters. The molecule has 1 aromatic carbocycles. The average molecular weight is 289 g/mol. The van der Waals surface area contributed by atoms with E-state index in [0.717, 1.165) is 17.5 Å². The zero-order valence-electron chi connectivity index (χ0n) is 12.9. The Bertz CT molecular complexity index is 543. The van der Waals surface area contributed by atoms with Crippen LogP contribution >= 0.6 is 0 Å². The van der Waals surface area contributed by atoms with Crippen molar-refractivity contribution in [2.45, 2.75) is 39.3 Å². The largest absolute Gasteiger partial charge is 0.444 e. The summed E-state index contributed by atoms with van der Waals surface area (Å²) in [6, 6.07) is 6.06. The lowest BCUT2D eigenvalue weighted by Gasteiger charge is -2.31. The number of fused-ring (bicyclic) bond motifs is 1. The lowest BCUT2D eigenvalue weighted by atomic mass is 9.94. The SMILES string of the molecule is CC(C)(C)OC(=O)N1CCc2c(/C=C/CO)cccc2C1. The molecule has 0 saturated carbocycles. The van der Waals surface area contributed by atoms with Gasteiger partial charge in [-0.15, -0.1) is 0 Å². The van der Waals surface area contributed by atoms with E-state index < -0.39 is 5.60 Å². The summed E-state index contributed by atoms with van der Waals surface area (Å²) in [4.78, 5) is 13.9. The topological polar surface area (TPSA) is 49.8 Å². The molecule has 1 N–H and O–H groups in total. The molecule has 0 bridgehead atoms. The molecule has 0 atom stereocenters. The first kappa shape index (κ1) is 15.6. The van der Waals surface area contributed by atoms with Crippen molar-refractivity contribution in [3.63, 3.8) is 0 Å². The normalized spacial score (nSPS) is 15.1. The lowest BCUT2D eigenvalue weighted by molar-refractivity contribution is 0.0224. The van der Waals surface area contributed by atoms with Crippen LogP contribution in [0.15, 0.2) is 24.3 Å². The number of hydrogen-bond acceptors (Lipinski definition) is 3. The van der Waals surface area contributed by atoms with Gasteiger partial charge in [0.05, 0.1) is 6.61 Å². The Hall–Kier alpha value is -1.81. The third-order valence-electron chi connectivity index (χ3n) is 3.36. The van der Waals surface area contributed by atoms with Gasteiger partial charge in [-0.05, 0) is 43.9 Å². The van der Waals surface area contributed by atoms with Crippen LogP contribution in [0.4, 0.5) is 4.79 Å². The molecule has 0 radical (unpaired) electrons. The summed E-state index contributed by atoms with van der Waals surface area (Å²) in [7, 11) is 0. The van der Waals surface area contributed by atoms with Gasteiger partial charge in [-0.25, -0.2) is 4.79 Å². The van der Waals surface area contributed by atoms with Crippen LogP contribution in [0.1, 0.15) is 37.5 Å². The minimum atomic E-state index is -0.469. The molecule has 1 aromatic rings. The molecule has 114 valence electrons. The maximum Gasteiger partial charge on any atom is 0.410 e. The molecule has 21 heavy (non-hydrogen) atoms. The first-order valence-electron chi connectivity index (χ1n) is 7.27. The number of carbonyl (C=O) groups excluding carboxylic acids is 1. The van der Waals surface area contributed by atoms with E-state index in [1.54, 1.807) is 11.0 Å². The molecular weight excluding hydrogens is 266 g/mol. The number of aliphatic hydroxyl groups excluding tert-OH is 1. The molecule has 0 saturated heterocycles. The van der Waals surface area contributed by atoms with Gasteiger partial charge in [0, 0.05) is 13.1 Å². The summed E-state index contributed by atoms with van der Waals surface area (Å²) in [5, 5.41) is 8.90. The Morgan fingerprint density at radius 1 is 1.43 bits per heavy atom. The van der Waals surface area contributed by atoms with E-state index in [4.69, 9.17) is 9.84 Å². The standard InChI is InChI=1S/C17H23NO3/c1-17(2,3)21-16(20)18-10-9-15-13(8-5-11-19)6-4-7-14(15)12-18/h4-8,19H,9-12H2,1-3H3/b8-5+. The van der Waals surface area contributed by atoms with Crippen LogP contribution in [0.25, 0.3) is 6.08 Å².